The quantitative estimate of drug-likeness (QED) is 0.820. The van der Waals surface area contributed by atoms with Crippen molar-refractivity contribution in [1.82, 2.24) is 0 Å². The first kappa shape index (κ1) is 14.8. The molecule has 0 bridgehead atoms. The highest BCUT2D eigenvalue weighted by Gasteiger charge is 2.07. The van der Waals surface area contributed by atoms with E-state index in [9.17, 15) is 9.59 Å². The monoisotopic (exact) mass is 282 g/mol. The molecule has 4 heteroatoms. The second kappa shape index (κ2) is 7.85. The molecule has 0 spiro atoms. The van der Waals surface area contributed by atoms with E-state index in [1.807, 2.05) is 60.7 Å². The molecule has 0 aliphatic carbocycles. The van der Waals surface area contributed by atoms with Gasteiger partial charge in [-0.15, -0.1) is 0 Å². The van der Waals surface area contributed by atoms with Gasteiger partial charge < -0.3 is 10.6 Å². The maximum atomic E-state index is 11.7. The fraction of sp³-hybridized carbons (Fsp3) is 0.176. The molecule has 108 valence electrons. The number of anilines is 2. The summed E-state index contributed by atoms with van der Waals surface area (Å²) in [6, 6.07) is 18.7. The van der Waals surface area contributed by atoms with Crippen LogP contribution in [0.5, 0.6) is 0 Å². The summed E-state index contributed by atoms with van der Waals surface area (Å²) in [7, 11) is 0. The molecule has 0 heterocycles. The van der Waals surface area contributed by atoms with Gasteiger partial charge in [0, 0.05) is 24.2 Å². The van der Waals surface area contributed by atoms with Crippen LogP contribution >= 0.6 is 0 Å². The molecule has 0 atom stereocenters. The summed E-state index contributed by atoms with van der Waals surface area (Å²) in [6.45, 7) is 0.239. The lowest BCUT2D eigenvalue weighted by atomic mass is 10.2. The number of hydrogen-bond acceptors (Lipinski definition) is 3. The number of carbonyl (C=O) groups is 2. The van der Waals surface area contributed by atoms with Crippen LogP contribution in [0.15, 0.2) is 60.7 Å². The minimum absolute atomic E-state index is 0.0158. The molecule has 21 heavy (non-hydrogen) atoms. The molecular formula is C17H18N2O2. The molecule has 4 nitrogen and oxygen atoms in total. The lowest BCUT2D eigenvalue weighted by Crippen LogP contribution is -2.17. The standard InChI is InChI=1S/C17H18N2O2/c20-16(13-18-14-7-3-1-4-8-14)11-12-17(21)19-15-9-5-2-6-10-15/h1-10,18H,11-13H2,(H,19,21). The predicted octanol–water partition coefficient (Wildman–Crippen LogP) is 3.09. The highest BCUT2D eigenvalue weighted by Crippen LogP contribution is 2.07. The third-order valence-electron chi connectivity index (χ3n) is 2.95. The third-order valence-corrected chi connectivity index (χ3v) is 2.95. The summed E-state index contributed by atoms with van der Waals surface area (Å²) in [5, 5.41) is 5.80. The molecule has 2 N–H and O–H groups in total. The number of carbonyl (C=O) groups excluding carboxylic acids is 2. The lowest BCUT2D eigenvalue weighted by molar-refractivity contribution is -0.121. The Labute approximate surface area is 124 Å². The Bertz CT molecular complexity index is 582. The van der Waals surface area contributed by atoms with Crippen molar-refractivity contribution >= 4 is 23.1 Å². The Hall–Kier alpha value is -2.62. The van der Waals surface area contributed by atoms with Crippen LogP contribution in [0.2, 0.25) is 0 Å². The Kier molecular flexibility index (Phi) is 5.52. The van der Waals surface area contributed by atoms with Crippen LogP contribution in [0.4, 0.5) is 11.4 Å². The molecular weight excluding hydrogens is 264 g/mol. The van der Waals surface area contributed by atoms with E-state index >= 15 is 0 Å². The molecule has 0 aliphatic rings. The lowest BCUT2D eigenvalue weighted by Gasteiger charge is -2.06. The average molecular weight is 282 g/mol. The maximum Gasteiger partial charge on any atom is 0.224 e. The van der Waals surface area contributed by atoms with Crippen LogP contribution in [-0.2, 0) is 9.59 Å². The van der Waals surface area contributed by atoms with E-state index in [0.29, 0.717) is 0 Å². The highest BCUT2D eigenvalue weighted by atomic mass is 16.2. The van der Waals surface area contributed by atoms with Gasteiger partial charge in [0.05, 0.1) is 6.54 Å². The second-order valence-corrected chi connectivity index (χ2v) is 4.67. The van der Waals surface area contributed by atoms with Gasteiger partial charge in [-0.05, 0) is 24.3 Å². The van der Waals surface area contributed by atoms with Crippen molar-refractivity contribution in [3.05, 3.63) is 60.7 Å². The van der Waals surface area contributed by atoms with E-state index in [4.69, 9.17) is 0 Å². The van der Waals surface area contributed by atoms with E-state index < -0.39 is 0 Å². The van der Waals surface area contributed by atoms with Gasteiger partial charge in [-0.25, -0.2) is 0 Å². The number of nitrogens with one attached hydrogen (secondary N) is 2. The van der Waals surface area contributed by atoms with E-state index in [-0.39, 0.29) is 31.1 Å². The van der Waals surface area contributed by atoms with Crippen LogP contribution < -0.4 is 10.6 Å². The van der Waals surface area contributed by atoms with Crippen molar-refractivity contribution in [2.75, 3.05) is 17.2 Å². The van der Waals surface area contributed by atoms with Gasteiger partial charge in [0.2, 0.25) is 5.91 Å². The number of para-hydroxylation sites is 2. The normalized spacial score (nSPS) is 9.90. The SMILES string of the molecule is O=C(CCC(=O)Nc1ccccc1)CNc1ccccc1. The van der Waals surface area contributed by atoms with Gasteiger partial charge in [0.15, 0.2) is 5.78 Å². The largest absolute Gasteiger partial charge is 0.378 e. The smallest absolute Gasteiger partial charge is 0.224 e. The summed E-state index contributed by atoms with van der Waals surface area (Å²) in [4.78, 5) is 23.4. The third kappa shape index (κ3) is 5.48. The van der Waals surface area contributed by atoms with Crippen molar-refractivity contribution in [3.63, 3.8) is 0 Å². The van der Waals surface area contributed by atoms with Gasteiger partial charge in [-0.1, -0.05) is 36.4 Å². The predicted molar refractivity (Wildman–Crippen MR) is 84.2 cm³/mol. The van der Waals surface area contributed by atoms with Crippen molar-refractivity contribution in [3.8, 4) is 0 Å². The van der Waals surface area contributed by atoms with Crippen molar-refractivity contribution in [1.29, 1.82) is 0 Å². The van der Waals surface area contributed by atoms with Gasteiger partial charge in [-0.2, -0.15) is 0 Å². The summed E-state index contributed by atoms with van der Waals surface area (Å²) >= 11 is 0. The average Bonchev–Trinajstić information content (AvgIpc) is 2.53. The molecule has 1 amide bonds. The number of rotatable bonds is 7. The zero-order chi connectivity index (χ0) is 14.9. The summed E-state index contributed by atoms with van der Waals surface area (Å²) in [5.74, 6) is -0.128. The minimum Gasteiger partial charge on any atom is -0.378 e. The maximum absolute atomic E-state index is 11.7. The second-order valence-electron chi connectivity index (χ2n) is 4.67. The fourth-order valence-electron chi connectivity index (χ4n) is 1.84. The number of benzene rings is 2. The summed E-state index contributed by atoms with van der Waals surface area (Å²) in [6.07, 6.45) is 0.433. The van der Waals surface area contributed by atoms with Gasteiger partial charge in [-0.3, -0.25) is 9.59 Å². The van der Waals surface area contributed by atoms with Gasteiger partial charge in [0.1, 0.15) is 0 Å². The molecule has 0 unspecified atom stereocenters. The van der Waals surface area contributed by atoms with Crippen LogP contribution in [0, 0.1) is 0 Å². The van der Waals surface area contributed by atoms with Crippen LogP contribution in [-0.4, -0.2) is 18.2 Å². The first-order valence-corrected chi connectivity index (χ1v) is 6.89. The van der Waals surface area contributed by atoms with Crippen LogP contribution in [0.25, 0.3) is 0 Å². The highest BCUT2D eigenvalue weighted by molar-refractivity contribution is 5.94. The topological polar surface area (TPSA) is 58.2 Å². The minimum atomic E-state index is -0.144. The number of hydrogen-bond donors (Lipinski definition) is 2. The van der Waals surface area contributed by atoms with E-state index in [0.717, 1.165) is 11.4 Å². The first-order chi connectivity index (χ1) is 10.2. The van der Waals surface area contributed by atoms with Crippen molar-refractivity contribution in [2.45, 2.75) is 12.8 Å². The van der Waals surface area contributed by atoms with Gasteiger partial charge in [0.25, 0.3) is 0 Å². The summed E-state index contributed by atoms with van der Waals surface area (Å²) < 4.78 is 0. The van der Waals surface area contributed by atoms with Crippen LogP contribution in [0.3, 0.4) is 0 Å². The van der Waals surface area contributed by atoms with Gasteiger partial charge >= 0.3 is 0 Å². The van der Waals surface area contributed by atoms with E-state index in [1.165, 1.54) is 0 Å². The van der Waals surface area contributed by atoms with E-state index in [1.54, 1.807) is 0 Å². The molecule has 0 aromatic heterocycles. The molecule has 0 saturated carbocycles. The molecule has 0 fully saturated rings. The Morgan fingerprint density at radius 1 is 0.762 bits per heavy atom. The van der Waals surface area contributed by atoms with Crippen molar-refractivity contribution in [2.24, 2.45) is 0 Å². The van der Waals surface area contributed by atoms with Crippen molar-refractivity contribution < 1.29 is 9.59 Å². The van der Waals surface area contributed by atoms with E-state index in [2.05, 4.69) is 10.6 Å². The fourth-order valence-corrected chi connectivity index (χ4v) is 1.84. The molecule has 0 saturated heterocycles. The number of Topliss-reactive ketones (excluding diaryl/α,β-unsaturated/α-hetero) is 1. The molecule has 0 aliphatic heterocycles. The summed E-state index contributed by atoms with van der Waals surface area (Å²) in [5.41, 5.74) is 1.65. The van der Waals surface area contributed by atoms with Crippen LogP contribution in [0.1, 0.15) is 12.8 Å². The Balaban J connectivity index is 1.68. The Morgan fingerprint density at radius 2 is 1.33 bits per heavy atom. The molecule has 0 radical (unpaired) electrons. The molecule has 2 aromatic carbocycles. The zero-order valence-corrected chi connectivity index (χ0v) is 11.7. The number of amides is 1. The number of ketones is 1. The first-order valence-electron chi connectivity index (χ1n) is 6.89. The molecule has 2 rings (SSSR count). The Morgan fingerprint density at radius 3 is 1.95 bits per heavy atom. The zero-order valence-electron chi connectivity index (χ0n) is 11.7. The molecule has 2 aromatic rings.